The standard InChI is InChI=1S/C18H12F2N4O3S2/c19-11-1-3-16(13(9-11)15-5-6-22-23-15)27-12-2-4-17(14(20)10-12)29(25,26)24-18-21-7-8-28-18/h1-10H,(H,21,24)(H,22,23). The second kappa shape index (κ2) is 7.60. The molecule has 148 valence electrons. The Morgan fingerprint density at radius 1 is 1.07 bits per heavy atom. The molecule has 0 bridgehead atoms. The highest BCUT2D eigenvalue weighted by atomic mass is 32.2. The van der Waals surface area contributed by atoms with E-state index in [1.165, 1.54) is 36.7 Å². The number of aromatic nitrogens is 3. The van der Waals surface area contributed by atoms with Gasteiger partial charge >= 0.3 is 0 Å². The molecule has 0 saturated carbocycles. The number of aromatic amines is 1. The molecule has 2 aromatic carbocycles. The number of ether oxygens (including phenoxy) is 1. The van der Waals surface area contributed by atoms with E-state index in [0.29, 0.717) is 11.3 Å². The van der Waals surface area contributed by atoms with Gasteiger partial charge in [0.15, 0.2) is 5.13 Å². The average molecular weight is 434 g/mol. The maximum Gasteiger partial charge on any atom is 0.266 e. The van der Waals surface area contributed by atoms with Gasteiger partial charge in [-0.3, -0.25) is 9.82 Å². The predicted octanol–water partition coefficient (Wildman–Crippen LogP) is 4.40. The summed E-state index contributed by atoms with van der Waals surface area (Å²) in [4.78, 5) is 3.27. The summed E-state index contributed by atoms with van der Waals surface area (Å²) in [5.41, 5.74) is 0.886. The number of hydrogen-bond acceptors (Lipinski definition) is 6. The normalized spacial score (nSPS) is 11.4. The highest BCUT2D eigenvalue weighted by Crippen LogP contribution is 2.34. The number of H-pyrrole nitrogens is 1. The van der Waals surface area contributed by atoms with Crippen molar-refractivity contribution in [2.45, 2.75) is 4.90 Å². The Bertz CT molecular complexity index is 1240. The third-order valence-electron chi connectivity index (χ3n) is 3.81. The minimum atomic E-state index is -4.15. The second-order valence-electron chi connectivity index (χ2n) is 5.75. The van der Waals surface area contributed by atoms with E-state index in [9.17, 15) is 17.2 Å². The lowest BCUT2D eigenvalue weighted by Gasteiger charge is -2.12. The number of sulfonamides is 1. The maximum absolute atomic E-state index is 14.5. The molecule has 11 heteroatoms. The van der Waals surface area contributed by atoms with Gasteiger partial charge < -0.3 is 4.74 Å². The Labute approximate surface area is 168 Å². The van der Waals surface area contributed by atoms with Crippen LogP contribution in [0, 0.1) is 11.6 Å². The number of anilines is 1. The van der Waals surface area contributed by atoms with E-state index >= 15 is 0 Å². The van der Waals surface area contributed by atoms with Crippen molar-refractivity contribution in [3.05, 3.63) is 71.9 Å². The van der Waals surface area contributed by atoms with Crippen LogP contribution in [0.2, 0.25) is 0 Å². The summed E-state index contributed by atoms with van der Waals surface area (Å²) in [5.74, 6) is -1.20. The summed E-state index contributed by atoms with van der Waals surface area (Å²) in [6.45, 7) is 0. The van der Waals surface area contributed by atoms with Crippen molar-refractivity contribution in [3.8, 4) is 22.8 Å². The largest absolute Gasteiger partial charge is 0.457 e. The first kappa shape index (κ1) is 19.0. The summed E-state index contributed by atoms with van der Waals surface area (Å²) < 4.78 is 60.8. The monoisotopic (exact) mass is 434 g/mol. The number of nitrogens with zero attached hydrogens (tertiary/aromatic N) is 2. The number of benzene rings is 2. The van der Waals surface area contributed by atoms with Gasteiger partial charge in [-0.15, -0.1) is 11.3 Å². The Morgan fingerprint density at radius 2 is 1.93 bits per heavy atom. The molecule has 0 aliphatic rings. The molecule has 29 heavy (non-hydrogen) atoms. The molecule has 0 aliphatic heterocycles. The van der Waals surface area contributed by atoms with E-state index in [1.54, 1.807) is 11.4 Å². The van der Waals surface area contributed by atoms with Crippen LogP contribution in [0.5, 0.6) is 11.5 Å². The molecule has 0 atom stereocenters. The third-order valence-corrected chi connectivity index (χ3v) is 6.00. The molecule has 4 aromatic rings. The average Bonchev–Trinajstić information content (AvgIpc) is 3.36. The summed E-state index contributed by atoms with van der Waals surface area (Å²) >= 11 is 1.07. The van der Waals surface area contributed by atoms with Crippen molar-refractivity contribution in [3.63, 3.8) is 0 Å². The molecule has 2 heterocycles. The molecular formula is C18H12F2N4O3S2. The summed E-state index contributed by atoms with van der Waals surface area (Å²) in [7, 11) is -4.15. The van der Waals surface area contributed by atoms with E-state index in [2.05, 4.69) is 19.9 Å². The van der Waals surface area contributed by atoms with Crippen LogP contribution < -0.4 is 9.46 Å². The van der Waals surface area contributed by atoms with Gasteiger partial charge in [0.1, 0.15) is 28.0 Å². The van der Waals surface area contributed by atoms with Gasteiger partial charge in [0.2, 0.25) is 0 Å². The highest BCUT2D eigenvalue weighted by Gasteiger charge is 2.21. The summed E-state index contributed by atoms with van der Waals surface area (Å²) in [5, 5.41) is 8.24. The van der Waals surface area contributed by atoms with Crippen molar-refractivity contribution < 1.29 is 21.9 Å². The van der Waals surface area contributed by atoms with Gasteiger partial charge in [0.25, 0.3) is 10.0 Å². The molecule has 0 fully saturated rings. The van der Waals surface area contributed by atoms with E-state index < -0.39 is 26.6 Å². The van der Waals surface area contributed by atoms with E-state index in [-0.39, 0.29) is 16.6 Å². The van der Waals surface area contributed by atoms with Crippen LogP contribution in [0.4, 0.5) is 13.9 Å². The molecule has 2 aromatic heterocycles. The first-order valence-corrected chi connectivity index (χ1v) is 10.5. The van der Waals surface area contributed by atoms with Crippen LogP contribution in [-0.2, 0) is 10.0 Å². The molecule has 0 aliphatic carbocycles. The minimum absolute atomic E-state index is 0.0445. The van der Waals surface area contributed by atoms with Gasteiger partial charge in [0.05, 0.1) is 5.69 Å². The zero-order valence-corrected chi connectivity index (χ0v) is 16.1. The van der Waals surface area contributed by atoms with Crippen LogP contribution in [0.3, 0.4) is 0 Å². The molecule has 2 N–H and O–H groups in total. The molecule has 0 spiro atoms. The number of halogens is 2. The highest BCUT2D eigenvalue weighted by molar-refractivity contribution is 7.93. The zero-order chi connectivity index (χ0) is 20.4. The van der Waals surface area contributed by atoms with Gasteiger partial charge in [-0.05, 0) is 36.4 Å². The maximum atomic E-state index is 14.5. The van der Waals surface area contributed by atoms with Crippen LogP contribution in [0.15, 0.2) is 65.1 Å². The number of thiazole rings is 1. The van der Waals surface area contributed by atoms with Crippen LogP contribution in [0.1, 0.15) is 0 Å². The molecular weight excluding hydrogens is 422 g/mol. The smallest absolute Gasteiger partial charge is 0.266 e. The number of hydrogen-bond donors (Lipinski definition) is 2. The van der Waals surface area contributed by atoms with Crippen LogP contribution in [0.25, 0.3) is 11.3 Å². The summed E-state index contributed by atoms with van der Waals surface area (Å²) in [6, 6.07) is 8.79. The first-order chi connectivity index (χ1) is 13.9. The molecule has 4 rings (SSSR count). The van der Waals surface area contributed by atoms with Crippen molar-refractivity contribution in [1.82, 2.24) is 15.2 Å². The number of nitrogens with one attached hydrogen (secondary N) is 2. The topological polar surface area (TPSA) is 97.0 Å². The Hall–Kier alpha value is -3.31. The molecule has 0 unspecified atom stereocenters. The zero-order valence-electron chi connectivity index (χ0n) is 14.5. The number of rotatable bonds is 6. The lowest BCUT2D eigenvalue weighted by molar-refractivity contribution is 0.473. The van der Waals surface area contributed by atoms with E-state index in [0.717, 1.165) is 23.5 Å². The van der Waals surface area contributed by atoms with Crippen molar-refractivity contribution in [1.29, 1.82) is 0 Å². The van der Waals surface area contributed by atoms with E-state index in [4.69, 9.17) is 4.74 Å². The van der Waals surface area contributed by atoms with Gasteiger partial charge in [-0.2, -0.15) is 5.10 Å². The Morgan fingerprint density at radius 3 is 2.62 bits per heavy atom. The SMILES string of the molecule is O=S(=O)(Nc1nccs1)c1ccc(Oc2ccc(F)cc2-c2ccn[nH]2)cc1F. The van der Waals surface area contributed by atoms with E-state index in [1.807, 2.05) is 0 Å². The fraction of sp³-hybridized carbons (Fsp3) is 0. The van der Waals surface area contributed by atoms with Crippen molar-refractivity contribution in [2.75, 3.05) is 4.72 Å². The van der Waals surface area contributed by atoms with Crippen LogP contribution >= 0.6 is 11.3 Å². The lowest BCUT2D eigenvalue weighted by Crippen LogP contribution is -2.14. The van der Waals surface area contributed by atoms with Gasteiger partial charge in [-0.25, -0.2) is 22.2 Å². The molecule has 0 radical (unpaired) electrons. The molecule has 7 nitrogen and oxygen atoms in total. The fourth-order valence-corrected chi connectivity index (χ4v) is 4.39. The summed E-state index contributed by atoms with van der Waals surface area (Å²) in [6.07, 6.45) is 2.93. The Balaban J connectivity index is 1.63. The van der Waals surface area contributed by atoms with Gasteiger partial charge in [-0.1, -0.05) is 0 Å². The quantitative estimate of drug-likeness (QED) is 0.469. The first-order valence-electron chi connectivity index (χ1n) is 8.11. The molecule has 0 amide bonds. The fourth-order valence-electron chi connectivity index (χ4n) is 2.54. The third kappa shape index (κ3) is 4.10. The lowest BCUT2D eigenvalue weighted by atomic mass is 10.1. The van der Waals surface area contributed by atoms with Crippen molar-refractivity contribution >= 4 is 26.5 Å². The van der Waals surface area contributed by atoms with Crippen molar-refractivity contribution in [2.24, 2.45) is 0 Å². The minimum Gasteiger partial charge on any atom is -0.457 e. The van der Waals surface area contributed by atoms with Gasteiger partial charge in [0, 0.05) is 29.4 Å². The van der Waals surface area contributed by atoms with Crippen LogP contribution in [-0.4, -0.2) is 23.6 Å². The Kier molecular flexibility index (Phi) is 4.99. The second-order valence-corrected chi connectivity index (χ2v) is 8.29. The predicted molar refractivity (Wildman–Crippen MR) is 103 cm³/mol. The molecule has 0 saturated heterocycles.